The summed E-state index contributed by atoms with van der Waals surface area (Å²) in [6.45, 7) is 4.11. The number of halogens is 1. The average molecular weight is 404 g/mol. The largest absolute Gasteiger partial charge is 0.466 e. The lowest BCUT2D eigenvalue weighted by Crippen LogP contribution is -2.12. The first-order valence-electron chi connectivity index (χ1n) is 9.83. The van der Waals surface area contributed by atoms with Crippen LogP contribution in [0.1, 0.15) is 61.4 Å². The number of carbonyl (C=O) groups excluding carboxylic acids is 2. The fourth-order valence-corrected chi connectivity index (χ4v) is 3.49. The van der Waals surface area contributed by atoms with Gasteiger partial charge < -0.3 is 9.30 Å². The molecule has 1 aliphatic rings. The first-order chi connectivity index (χ1) is 13.5. The molecule has 28 heavy (non-hydrogen) atoms. The van der Waals surface area contributed by atoms with Gasteiger partial charge in [-0.05, 0) is 43.9 Å². The number of esters is 1. The Morgan fingerprint density at radius 2 is 1.86 bits per heavy atom. The Balaban J connectivity index is 1.60. The molecular weight excluding hydrogens is 378 g/mol. The molecule has 150 valence electrons. The van der Waals surface area contributed by atoms with Crippen molar-refractivity contribution in [2.24, 2.45) is 0 Å². The van der Waals surface area contributed by atoms with Gasteiger partial charge in [0.2, 0.25) is 0 Å². The second-order valence-electron chi connectivity index (χ2n) is 7.18. The second kappa shape index (κ2) is 9.32. The number of aromatic nitrogens is 3. The van der Waals surface area contributed by atoms with Crippen LogP contribution in [-0.2, 0) is 33.6 Å². The summed E-state index contributed by atoms with van der Waals surface area (Å²) in [6.07, 6.45) is 4.33. The standard InChI is InChI=1S/C21H26ClN3O3/c1-3-28-21(27)12-11-20-24-23-19(25(20)16-7-8-16)10-9-17(26)13-15-5-4-6-18(22)14(15)2/h4-6,16H,3,7-13H2,1-2H3. The summed E-state index contributed by atoms with van der Waals surface area (Å²) in [7, 11) is 0. The fourth-order valence-electron chi connectivity index (χ4n) is 3.30. The van der Waals surface area contributed by atoms with Crippen molar-refractivity contribution in [2.75, 3.05) is 6.61 Å². The second-order valence-corrected chi connectivity index (χ2v) is 7.59. The van der Waals surface area contributed by atoms with Gasteiger partial charge in [0.25, 0.3) is 0 Å². The Hall–Kier alpha value is -2.21. The van der Waals surface area contributed by atoms with Crippen molar-refractivity contribution < 1.29 is 14.3 Å². The lowest BCUT2D eigenvalue weighted by Gasteiger charge is -2.09. The highest BCUT2D eigenvalue weighted by atomic mass is 35.5. The highest BCUT2D eigenvalue weighted by molar-refractivity contribution is 6.31. The van der Waals surface area contributed by atoms with Crippen molar-refractivity contribution in [3.63, 3.8) is 0 Å². The van der Waals surface area contributed by atoms with Gasteiger partial charge in [0.15, 0.2) is 0 Å². The predicted molar refractivity (Wildman–Crippen MR) is 106 cm³/mol. The molecule has 1 heterocycles. The van der Waals surface area contributed by atoms with E-state index in [2.05, 4.69) is 14.8 Å². The summed E-state index contributed by atoms with van der Waals surface area (Å²) in [6, 6.07) is 6.05. The van der Waals surface area contributed by atoms with Crippen LogP contribution >= 0.6 is 11.6 Å². The van der Waals surface area contributed by atoms with Gasteiger partial charge >= 0.3 is 5.97 Å². The summed E-state index contributed by atoms with van der Waals surface area (Å²) in [5.41, 5.74) is 1.93. The molecule has 1 fully saturated rings. The molecule has 0 N–H and O–H groups in total. The molecule has 7 heteroatoms. The van der Waals surface area contributed by atoms with E-state index in [0.717, 1.165) is 35.6 Å². The van der Waals surface area contributed by atoms with Crippen molar-refractivity contribution in [3.05, 3.63) is 46.0 Å². The van der Waals surface area contributed by atoms with Gasteiger partial charge in [-0.25, -0.2) is 0 Å². The van der Waals surface area contributed by atoms with E-state index in [4.69, 9.17) is 16.3 Å². The maximum absolute atomic E-state index is 12.5. The highest BCUT2D eigenvalue weighted by Crippen LogP contribution is 2.37. The fraction of sp³-hybridized carbons (Fsp3) is 0.524. The molecule has 1 aromatic carbocycles. The minimum atomic E-state index is -0.221. The number of aryl methyl sites for hydroxylation is 2. The normalized spacial score (nSPS) is 13.5. The average Bonchev–Trinajstić information content (AvgIpc) is 3.42. The number of hydrogen-bond donors (Lipinski definition) is 0. The number of carbonyl (C=O) groups is 2. The van der Waals surface area contributed by atoms with E-state index < -0.39 is 0 Å². The molecular formula is C21H26ClN3O3. The maximum Gasteiger partial charge on any atom is 0.306 e. The summed E-state index contributed by atoms with van der Waals surface area (Å²) in [4.78, 5) is 24.1. The molecule has 0 aliphatic heterocycles. The molecule has 0 atom stereocenters. The SMILES string of the molecule is CCOC(=O)CCc1nnc(CCC(=O)Cc2cccc(Cl)c2C)n1C1CC1. The van der Waals surface area contributed by atoms with E-state index in [0.29, 0.717) is 49.8 Å². The Kier molecular flexibility index (Phi) is 6.83. The maximum atomic E-state index is 12.5. The van der Waals surface area contributed by atoms with Crippen LogP contribution in [0.2, 0.25) is 5.02 Å². The molecule has 2 aromatic rings. The van der Waals surface area contributed by atoms with Crippen LogP contribution in [0.3, 0.4) is 0 Å². The molecule has 6 nitrogen and oxygen atoms in total. The number of Topliss-reactive ketones (excluding diaryl/α,β-unsaturated/α-hetero) is 1. The Morgan fingerprint density at radius 1 is 1.18 bits per heavy atom. The quantitative estimate of drug-likeness (QED) is 0.564. The van der Waals surface area contributed by atoms with Crippen LogP contribution < -0.4 is 0 Å². The van der Waals surface area contributed by atoms with E-state index >= 15 is 0 Å². The molecule has 0 amide bonds. The van der Waals surface area contributed by atoms with Crippen molar-refractivity contribution in [1.82, 2.24) is 14.8 Å². The van der Waals surface area contributed by atoms with E-state index in [-0.39, 0.29) is 11.8 Å². The van der Waals surface area contributed by atoms with E-state index in [9.17, 15) is 9.59 Å². The van der Waals surface area contributed by atoms with Crippen molar-refractivity contribution in [1.29, 1.82) is 0 Å². The topological polar surface area (TPSA) is 74.1 Å². The van der Waals surface area contributed by atoms with Crippen LogP contribution in [-0.4, -0.2) is 33.1 Å². The third-order valence-electron chi connectivity index (χ3n) is 5.00. The van der Waals surface area contributed by atoms with Gasteiger partial charge in [0, 0.05) is 36.7 Å². The molecule has 1 aromatic heterocycles. The number of nitrogens with zero attached hydrogens (tertiary/aromatic N) is 3. The molecule has 0 spiro atoms. The van der Waals surface area contributed by atoms with Gasteiger partial charge in [-0.2, -0.15) is 0 Å². The molecule has 0 bridgehead atoms. The third kappa shape index (κ3) is 5.19. The van der Waals surface area contributed by atoms with Crippen LogP contribution in [0.5, 0.6) is 0 Å². The van der Waals surface area contributed by atoms with Crippen molar-refractivity contribution in [2.45, 2.75) is 64.8 Å². The minimum absolute atomic E-state index is 0.156. The van der Waals surface area contributed by atoms with Gasteiger partial charge in [0.1, 0.15) is 17.4 Å². The van der Waals surface area contributed by atoms with Crippen molar-refractivity contribution in [3.8, 4) is 0 Å². The molecule has 0 unspecified atom stereocenters. The van der Waals surface area contributed by atoms with Gasteiger partial charge in [-0.1, -0.05) is 23.7 Å². The number of benzene rings is 1. The zero-order chi connectivity index (χ0) is 20.1. The van der Waals surface area contributed by atoms with E-state index in [1.165, 1.54) is 0 Å². The van der Waals surface area contributed by atoms with Gasteiger partial charge in [0.05, 0.1) is 13.0 Å². The third-order valence-corrected chi connectivity index (χ3v) is 5.41. The van der Waals surface area contributed by atoms with E-state index in [1.807, 2.05) is 25.1 Å². The molecule has 0 saturated heterocycles. The zero-order valence-corrected chi connectivity index (χ0v) is 17.2. The first-order valence-corrected chi connectivity index (χ1v) is 10.2. The summed E-state index contributed by atoms with van der Waals surface area (Å²) in [5, 5.41) is 9.26. The number of hydrogen-bond acceptors (Lipinski definition) is 5. The van der Waals surface area contributed by atoms with Crippen LogP contribution in [0.15, 0.2) is 18.2 Å². The van der Waals surface area contributed by atoms with Gasteiger partial charge in [-0.3, -0.25) is 9.59 Å². The van der Waals surface area contributed by atoms with Crippen LogP contribution in [0.4, 0.5) is 0 Å². The smallest absolute Gasteiger partial charge is 0.306 e. The summed E-state index contributed by atoms with van der Waals surface area (Å²) < 4.78 is 7.11. The van der Waals surface area contributed by atoms with Gasteiger partial charge in [-0.15, -0.1) is 10.2 Å². The molecule has 0 radical (unpaired) electrons. The number of ketones is 1. The highest BCUT2D eigenvalue weighted by Gasteiger charge is 2.29. The van der Waals surface area contributed by atoms with Crippen LogP contribution in [0.25, 0.3) is 0 Å². The Labute approximate surface area is 170 Å². The number of ether oxygens (including phenoxy) is 1. The lowest BCUT2D eigenvalue weighted by atomic mass is 10.0. The first kappa shape index (κ1) is 20.5. The minimum Gasteiger partial charge on any atom is -0.466 e. The lowest BCUT2D eigenvalue weighted by molar-refractivity contribution is -0.143. The van der Waals surface area contributed by atoms with E-state index in [1.54, 1.807) is 6.92 Å². The molecule has 3 rings (SSSR count). The Morgan fingerprint density at radius 3 is 2.50 bits per heavy atom. The predicted octanol–water partition coefficient (Wildman–Crippen LogP) is 3.81. The molecule has 1 aliphatic carbocycles. The molecule has 1 saturated carbocycles. The monoisotopic (exact) mass is 403 g/mol. The number of rotatable bonds is 10. The van der Waals surface area contributed by atoms with Crippen LogP contribution in [0, 0.1) is 6.92 Å². The zero-order valence-electron chi connectivity index (χ0n) is 16.4. The summed E-state index contributed by atoms with van der Waals surface area (Å²) >= 11 is 6.14. The van der Waals surface area contributed by atoms with Crippen molar-refractivity contribution >= 4 is 23.4 Å². The Bertz CT molecular complexity index is 859. The summed E-state index contributed by atoms with van der Waals surface area (Å²) in [5.74, 6) is 1.58.